The number of aromatic nitrogens is 2. The van der Waals surface area contributed by atoms with Gasteiger partial charge in [0.05, 0.1) is 6.67 Å². The topological polar surface area (TPSA) is 70.1 Å². The summed E-state index contributed by atoms with van der Waals surface area (Å²) >= 11 is 3.33. The van der Waals surface area contributed by atoms with Gasteiger partial charge in [-0.2, -0.15) is 0 Å². The highest BCUT2D eigenvalue weighted by Gasteiger charge is 2.26. The van der Waals surface area contributed by atoms with E-state index in [-0.39, 0.29) is 11.2 Å². The quantitative estimate of drug-likeness (QED) is 0.805. The van der Waals surface area contributed by atoms with Crippen LogP contribution in [0.5, 0.6) is 0 Å². The summed E-state index contributed by atoms with van der Waals surface area (Å²) < 4.78 is 1.61. The molecule has 2 N–H and O–H groups in total. The molecule has 0 radical (unpaired) electrons. The number of aromatic amines is 1. The number of alkyl halides is 1. The predicted octanol–water partition coefficient (Wildman–Crippen LogP) is 0.777. The van der Waals surface area contributed by atoms with Gasteiger partial charge in [-0.15, -0.1) is 0 Å². The minimum Gasteiger partial charge on any atom is -0.360 e. The Kier molecular flexibility index (Phi) is 3.79. The molecule has 0 fully saturated rings. The van der Waals surface area contributed by atoms with Crippen molar-refractivity contribution in [3.8, 4) is 0 Å². The maximum Gasteiger partial charge on any atom is 0.330 e. The molecule has 2 rings (SSSR count). The van der Waals surface area contributed by atoms with Gasteiger partial charge < -0.3 is 10.2 Å². The molecule has 1 aromatic rings. The van der Waals surface area contributed by atoms with E-state index in [1.807, 2.05) is 4.90 Å². The molecular formula is C11H17BrN4O2. The smallest absolute Gasteiger partial charge is 0.330 e. The van der Waals surface area contributed by atoms with Crippen molar-refractivity contribution in [2.24, 2.45) is 5.92 Å². The lowest BCUT2D eigenvalue weighted by Gasteiger charge is -2.22. The van der Waals surface area contributed by atoms with Crippen LogP contribution in [0.15, 0.2) is 9.59 Å². The monoisotopic (exact) mass is 316 g/mol. The van der Waals surface area contributed by atoms with E-state index >= 15 is 0 Å². The average molecular weight is 317 g/mol. The number of hydrogen-bond donors (Lipinski definition) is 2. The third-order valence-electron chi connectivity index (χ3n) is 2.81. The normalized spacial score (nSPS) is 13.9. The van der Waals surface area contributed by atoms with Crippen molar-refractivity contribution in [2.45, 2.75) is 20.4 Å². The minimum atomic E-state index is -0.351. The molecule has 1 aliphatic heterocycles. The van der Waals surface area contributed by atoms with Crippen LogP contribution in [0, 0.1) is 5.92 Å². The van der Waals surface area contributed by atoms with E-state index in [0.29, 0.717) is 36.0 Å². The Balaban J connectivity index is 2.53. The molecule has 0 aromatic carbocycles. The summed E-state index contributed by atoms with van der Waals surface area (Å²) in [6, 6.07) is 0. The van der Waals surface area contributed by atoms with E-state index in [9.17, 15) is 9.59 Å². The van der Waals surface area contributed by atoms with Crippen LogP contribution in [-0.2, 0) is 6.54 Å². The van der Waals surface area contributed by atoms with E-state index in [4.69, 9.17) is 0 Å². The summed E-state index contributed by atoms with van der Waals surface area (Å²) in [6.45, 7) is 6.14. The van der Waals surface area contributed by atoms with E-state index in [0.717, 1.165) is 6.54 Å². The van der Waals surface area contributed by atoms with Gasteiger partial charge in [0.15, 0.2) is 0 Å². The summed E-state index contributed by atoms with van der Waals surface area (Å²) in [5.74, 6) is 1.17. The maximum atomic E-state index is 11.9. The van der Waals surface area contributed by atoms with Gasteiger partial charge >= 0.3 is 5.69 Å². The molecule has 6 nitrogen and oxygen atoms in total. The largest absolute Gasteiger partial charge is 0.360 e. The van der Waals surface area contributed by atoms with Crippen molar-refractivity contribution < 1.29 is 0 Å². The van der Waals surface area contributed by atoms with Crippen LogP contribution in [0.4, 0.5) is 11.5 Å². The molecular weight excluding hydrogens is 300 g/mol. The number of rotatable bonds is 4. The van der Waals surface area contributed by atoms with Crippen molar-refractivity contribution in [2.75, 3.05) is 28.8 Å². The van der Waals surface area contributed by atoms with Crippen molar-refractivity contribution >= 4 is 27.4 Å². The first-order valence-electron chi connectivity index (χ1n) is 5.96. The van der Waals surface area contributed by atoms with Crippen molar-refractivity contribution in [1.29, 1.82) is 0 Å². The lowest BCUT2D eigenvalue weighted by Crippen LogP contribution is -2.35. The molecule has 0 atom stereocenters. The Bertz CT molecular complexity index is 549. The molecule has 18 heavy (non-hydrogen) atoms. The molecule has 1 aromatic heterocycles. The third kappa shape index (κ3) is 2.31. The van der Waals surface area contributed by atoms with Gasteiger partial charge in [0, 0.05) is 18.4 Å². The van der Waals surface area contributed by atoms with Crippen LogP contribution in [0.25, 0.3) is 0 Å². The highest BCUT2D eigenvalue weighted by atomic mass is 79.9. The van der Waals surface area contributed by atoms with E-state index in [1.165, 1.54) is 0 Å². The third-order valence-corrected chi connectivity index (χ3v) is 3.17. The van der Waals surface area contributed by atoms with E-state index < -0.39 is 0 Å². The zero-order chi connectivity index (χ0) is 13.3. The second-order valence-electron chi connectivity index (χ2n) is 4.75. The molecule has 7 heteroatoms. The van der Waals surface area contributed by atoms with Gasteiger partial charge in [-0.1, -0.05) is 29.8 Å². The first-order chi connectivity index (χ1) is 8.54. The molecule has 0 amide bonds. The minimum absolute atomic E-state index is 0.341. The molecule has 100 valence electrons. The summed E-state index contributed by atoms with van der Waals surface area (Å²) in [5, 5.41) is 3.72. The number of fused-ring (bicyclic) bond motifs is 1. The van der Waals surface area contributed by atoms with Gasteiger partial charge in [0.1, 0.15) is 11.5 Å². The predicted molar refractivity (Wildman–Crippen MR) is 75.8 cm³/mol. The van der Waals surface area contributed by atoms with Crippen LogP contribution in [0.1, 0.15) is 13.8 Å². The average Bonchev–Trinajstić information content (AvgIpc) is 2.67. The Hall–Kier alpha value is -1.24. The molecule has 0 saturated heterocycles. The Labute approximate surface area is 113 Å². The molecule has 2 heterocycles. The fourth-order valence-electron chi connectivity index (χ4n) is 2.18. The van der Waals surface area contributed by atoms with Gasteiger partial charge in [-0.25, -0.2) is 4.79 Å². The second kappa shape index (κ2) is 5.17. The molecule has 0 aliphatic carbocycles. The molecule has 0 spiro atoms. The first kappa shape index (κ1) is 13.2. The van der Waals surface area contributed by atoms with Gasteiger partial charge in [-0.3, -0.25) is 14.3 Å². The van der Waals surface area contributed by atoms with Gasteiger partial charge in [0.25, 0.3) is 5.56 Å². The van der Waals surface area contributed by atoms with Crippen molar-refractivity contribution in [1.82, 2.24) is 9.55 Å². The zero-order valence-electron chi connectivity index (χ0n) is 10.5. The molecule has 0 bridgehead atoms. The number of hydrogen-bond acceptors (Lipinski definition) is 4. The highest BCUT2D eigenvalue weighted by Crippen LogP contribution is 2.26. The first-order valence-corrected chi connectivity index (χ1v) is 7.08. The van der Waals surface area contributed by atoms with Crippen LogP contribution >= 0.6 is 15.9 Å². The Morgan fingerprint density at radius 2 is 2.11 bits per heavy atom. The summed E-state index contributed by atoms with van der Waals surface area (Å²) in [4.78, 5) is 28.0. The van der Waals surface area contributed by atoms with Crippen LogP contribution < -0.4 is 21.5 Å². The maximum absolute atomic E-state index is 11.9. The molecule has 0 unspecified atom stereocenters. The number of nitrogens with zero attached hydrogens (tertiary/aromatic N) is 2. The lowest BCUT2D eigenvalue weighted by molar-refractivity contribution is 0.605. The zero-order valence-corrected chi connectivity index (χ0v) is 12.1. The van der Waals surface area contributed by atoms with Crippen molar-refractivity contribution in [3.05, 3.63) is 20.8 Å². The SMILES string of the molecule is CC(C)CN1CNc2c1n(CCBr)c(=O)[nH]c2=O. The fourth-order valence-corrected chi connectivity index (χ4v) is 2.54. The standard InChI is InChI=1S/C11H17BrN4O2/c1-7(2)5-15-6-13-8-9(17)14-11(18)16(4-3-12)10(8)15/h7,13H,3-6H2,1-2H3,(H,14,17,18). The van der Waals surface area contributed by atoms with E-state index in [2.05, 4.69) is 40.1 Å². The number of anilines is 2. The Morgan fingerprint density at radius 1 is 1.39 bits per heavy atom. The molecule has 0 saturated carbocycles. The van der Waals surface area contributed by atoms with Crippen LogP contribution in [0.2, 0.25) is 0 Å². The van der Waals surface area contributed by atoms with Crippen LogP contribution in [0.3, 0.4) is 0 Å². The van der Waals surface area contributed by atoms with Crippen molar-refractivity contribution in [3.63, 3.8) is 0 Å². The number of halogens is 1. The second-order valence-corrected chi connectivity index (χ2v) is 5.54. The molecule has 1 aliphatic rings. The number of H-pyrrole nitrogens is 1. The summed E-state index contributed by atoms with van der Waals surface area (Å²) in [5.41, 5.74) is -0.195. The van der Waals surface area contributed by atoms with E-state index in [1.54, 1.807) is 4.57 Å². The number of nitrogens with one attached hydrogen (secondary N) is 2. The fraction of sp³-hybridized carbons (Fsp3) is 0.636. The van der Waals surface area contributed by atoms with Crippen LogP contribution in [-0.4, -0.2) is 28.1 Å². The highest BCUT2D eigenvalue weighted by molar-refractivity contribution is 9.09. The van der Waals surface area contributed by atoms with Gasteiger partial charge in [-0.05, 0) is 5.92 Å². The van der Waals surface area contributed by atoms with Gasteiger partial charge in [0.2, 0.25) is 0 Å². The lowest BCUT2D eigenvalue weighted by atomic mass is 10.2. The Morgan fingerprint density at radius 3 is 2.72 bits per heavy atom. The summed E-state index contributed by atoms with van der Waals surface area (Å²) in [7, 11) is 0. The summed E-state index contributed by atoms with van der Waals surface area (Å²) in [6.07, 6.45) is 0.